The van der Waals surface area contributed by atoms with E-state index in [2.05, 4.69) is 5.32 Å². The van der Waals surface area contributed by atoms with E-state index in [1.165, 1.54) is 28.8 Å². The maximum Gasteiger partial charge on any atom is 0.416 e. The number of hydrogen-bond acceptors (Lipinski definition) is 3. The van der Waals surface area contributed by atoms with Crippen LogP contribution in [0.3, 0.4) is 0 Å². The Morgan fingerprint density at radius 2 is 1.91 bits per heavy atom. The summed E-state index contributed by atoms with van der Waals surface area (Å²) < 4.78 is 37.9. The molecule has 0 aliphatic carbocycles. The van der Waals surface area contributed by atoms with Crippen molar-refractivity contribution in [2.24, 2.45) is 0 Å². The van der Waals surface area contributed by atoms with Gasteiger partial charge in [-0.05, 0) is 31.5 Å². The van der Waals surface area contributed by atoms with E-state index in [9.17, 15) is 22.8 Å². The summed E-state index contributed by atoms with van der Waals surface area (Å²) in [6, 6.07) is 4.70. The third kappa shape index (κ3) is 3.99. The molecule has 0 aromatic heterocycles. The number of benzene rings is 1. The van der Waals surface area contributed by atoms with Crippen LogP contribution in [0.2, 0.25) is 0 Å². The van der Waals surface area contributed by atoms with E-state index < -0.39 is 17.1 Å². The van der Waals surface area contributed by atoms with Crippen LogP contribution >= 0.6 is 11.8 Å². The quantitative estimate of drug-likeness (QED) is 0.912. The standard InChI is InChI=1S/C15H17F3N2O2S/c1-3-19-12(21)8-20-13(22)9(2)23-14(20)10-4-6-11(7-5-10)15(16,17)18/h4-7,9,14H,3,8H2,1-2H3,(H,19,21). The Balaban J connectivity index is 2.21. The second kappa shape index (κ2) is 6.82. The number of hydrogen-bond donors (Lipinski definition) is 1. The van der Waals surface area contributed by atoms with Gasteiger partial charge in [0.1, 0.15) is 11.9 Å². The average molecular weight is 346 g/mol. The zero-order chi connectivity index (χ0) is 17.2. The third-order valence-electron chi connectivity index (χ3n) is 3.46. The van der Waals surface area contributed by atoms with Gasteiger partial charge in [0.05, 0.1) is 10.8 Å². The third-order valence-corrected chi connectivity index (χ3v) is 4.85. The number of amides is 2. The first-order valence-electron chi connectivity index (χ1n) is 7.13. The summed E-state index contributed by atoms with van der Waals surface area (Å²) in [5.41, 5.74) is -0.163. The van der Waals surface area contributed by atoms with Crippen LogP contribution in [0.5, 0.6) is 0 Å². The van der Waals surface area contributed by atoms with Crippen LogP contribution in [0.25, 0.3) is 0 Å². The van der Waals surface area contributed by atoms with Crippen LogP contribution in [0.15, 0.2) is 24.3 Å². The first-order chi connectivity index (χ1) is 10.7. The summed E-state index contributed by atoms with van der Waals surface area (Å²) >= 11 is 1.32. The Labute approximate surface area is 136 Å². The topological polar surface area (TPSA) is 49.4 Å². The molecule has 0 spiro atoms. The van der Waals surface area contributed by atoms with Gasteiger partial charge >= 0.3 is 6.18 Å². The van der Waals surface area contributed by atoms with Gasteiger partial charge in [-0.2, -0.15) is 13.2 Å². The predicted molar refractivity (Wildman–Crippen MR) is 81.6 cm³/mol. The molecule has 1 aromatic rings. The molecule has 4 nitrogen and oxygen atoms in total. The lowest BCUT2D eigenvalue weighted by Crippen LogP contribution is -2.40. The van der Waals surface area contributed by atoms with Crippen LogP contribution in [-0.4, -0.2) is 35.1 Å². The first-order valence-corrected chi connectivity index (χ1v) is 8.08. The van der Waals surface area contributed by atoms with Crippen molar-refractivity contribution in [3.63, 3.8) is 0 Å². The fourth-order valence-corrected chi connectivity index (χ4v) is 3.62. The highest BCUT2D eigenvalue weighted by atomic mass is 32.2. The zero-order valence-electron chi connectivity index (χ0n) is 12.7. The monoisotopic (exact) mass is 346 g/mol. The maximum absolute atomic E-state index is 12.6. The van der Waals surface area contributed by atoms with Gasteiger partial charge in [0.2, 0.25) is 11.8 Å². The number of halogens is 3. The summed E-state index contributed by atoms with van der Waals surface area (Å²) in [5, 5.41) is 1.83. The van der Waals surface area contributed by atoms with Crippen molar-refractivity contribution < 1.29 is 22.8 Å². The summed E-state index contributed by atoms with van der Waals surface area (Å²) in [5.74, 6) is -0.474. The number of thioether (sulfide) groups is 1. The zero-order valence-corrected chi connectivity index (χ0v) is 13.5. The number of rotatable bonds is 4. The molecule has 126 valence electrons. The number of alkyl halides is 3. The molecule has 1 aromatic carbocycles. The van der Waals surface area contributed by atoms with E-state index in [4.69, 9.17) is 0 Å². The Bertz CT molecular complexity index is 589. The second-order valence-electron chi connectivity index (χ2n) is 5.17. The predicted octanol–water partition coefficient (Wildman–Crippen LogP) is 2.80. The molecular weight excluding hydrogens is 329 g/mol. The van der Waals surface area contributed by atoms with Gasteiger partial charge < -0.3 is 10.2 Å². The molecule has 0 radical (unpaired) electrons. The van der Waals surface area contributed by atoms with Crippen LogP contribution in [0, 0.1) is 0 Å². The first kappa shape index (κ1) is 17.7. The molecule has 0 saturated carbocycles. The highest BCUT2D eigenvalue weighted by molar-refractivity contribution is 8.01. The van der Waals surface area contributed by atoms with Crippen LogP contribution < -0.4 is 5.32 Å². The minimum atomic E-state index is -4.40. The molecule has 2 atom stereocenters. The highest BCUT2D eigenvalue weighted by Gasteiger charge is 2.39. The minimum absolute atomic E-state index is 0.101. The molecule has 1 aliphatic heterocycles. The Morgan fingerprint density at radius 1 is 1.30 bits per heavy atom. The van der Waals surface area contributed by atoms with Crippen molar-refractivity contribution in [2.75, 3.05) is 13.1 Å². The van der Waals surface area contributed by atoms with E-state index in [-0.39, 0.29) is 23.6 Å². The van der Waals surface area contributed by atoms with E-state index >= 15 is 0 Å². The Hall–Kier alpha value is -1.70. The lowest BCUT2D eigenvalue weighted by Gasteiger charge is -2.23. The molecule has 8 heteroatoms. The summed E-state index contributed by atoms with van der Waals surface area (Å²) in [7, 11) is 0. The van der Waals surface area contributed by atoms with Crippen molar-refractivity contribution >= 4 is 23.6 Å². The van der Waals surface area contributed by atoms with Gasteiger partial charge in [-0.3, -0.25) is 9.59 Å². The molecule has 2 unspecified atom stereocenters. The fourth-order valence-electron chi connectivity index (χ4n) is 2.34. The molecule has 2 amide bonds. The van der Waals surface area contributed by atoms with Crippen LogP contribution in [0.1, 0.15) is 30.3 Å². The number of carbonyl (C=O) groups is 2. The normalized spacial score (nSPS) is 21.6. The van der Waals surface area contributed by atoms with Gasteiger partial charge in [-0.1, -0.05) is 12.1 Å². The molecular formula is C15H17F3N2O2S. The molecule has 1 N–H and O–H groups in total. The lowest BCUT2D eigenvalue weighted by molar-refractivity contribution is -0.137. The Kier molecular flexibility index (Phi) is 5.23. The SMILES string of the molecule is CCNC(=O)CN1C(=O)C(C)SC1c1ccc(C(F)(F)F)cc1. The maximum atomic E-state index is 12.6. The molecule has 1 aliphatic rings. The molecule has 2 rings (SSSR count). The number of nitrogens with one attached hydrogen (secondary N) is 1. The smallest absolute Gasteiger partial charge is 0.355 e. The average Bonchev–Trinajstić information content (AvgIpc) is 2.75. The van der Waals surface area contributed by atoms with E-state index in [0.29, 0.717) is 12.1 Å². The minimum Gasteiger partial charge on any atom is -0.355 e. The molecule has 1 fully saturated rings. The number of likely N-dealkylation sites (N-methyl/N-ethyl adjacent to an activating group) is 1. The van der Waals surface area contributed by atoms with Gasteiger partial charge in [-0.25, -0.2) is 0 Å². The largest absolute Gasteiger partial charge is 0.416 e. The Morgan fingerprint density at radius 3 is 2.43 bits per heavy atom. The fraction of sp³-hybridized carbons (Fsp3) is 0.467. The van der Waals surface area contributed by atoms with Gasteiger partial charge in [-0.15, -0.1) is 11.8 Å². The lowest BCUT2D eigenvalue weighted by atomic mass is 10.1. The van der Waals surface area contributed by atoms with Crippen LogP contribution in [-0.2, 0) is 15.8 Å². The van der Waals surface area contributed by atoms with E-state index in [1.54, 1.807) is 13.8 Å². The van der Waals surface area contributed by atoms with Crippen molar-refractivity contribution in [3.8, 4) is 0 Å². The highest BCUT2D eigenvalue weighted by Crippen LogP contribution is 2.43. The summed E-state index contributed by atoms with van der Waals surface area (Å²) in [4.78, 5) is 25.4. The molecule has 1 saturated heterocycles. The van der Waals surface area contributed by atoms with E-state index in [1.807, 2.05) is 0 Å². The number of carbonyl (C=O) groups excluding carboxylic acids is 2. The van der Waals surface area contributed by atoms with E-state index in [0.717, 1.165) is 12.1 Å². The number of nitrogens with zero attached hydrogens (tertiary/aromatic N) is 1. The molecule has 0 bridgehead atoms. The molecule has 1 heterocycles. The van der Waals surface area contributed by atoms with Crippen molar-refractivity contribution in [1.82, 2.24) is 10.2 Å². The van der Waals surface area contributed by atoms with Gasteiger partial charge in [0.15, 0.2) is 0 Å². The summed E-state index contributed by atoms with van der Waals surface area (Å²) in [6.07, 6.45) is -4.40. The van der Waals surface area contributed by atoms with Gasteiger partial charge in [0.25, 0.3) is 0 Å². The summed E-state index contributed by atoms with van der Waals surface area (Å²) in [6.45, 7) is 3.85. The second-order valence-corrected chi connectivity index (χ2v) is 6.60. The van der Waals surface area contributed by atoms with Crippen LogP contribution in [0.4, 0.5) is 13.2 Å². The molecule has 23 heavy (non-hydrogen) atoms. The van der Waals surface area contributed by atoms with Gasteiger partial charge in [0, 0.05) is 6.54 Å². The van der Waals surface area contributed by atoms with Crippen molar-refractivity contribution in [2.45, 2.75) is 30.6 Å². The van der Waals surface area contributed by atoms with Crippen molar-refractivity contribution in [3.05, 3.63) is 35.4 Å². The van der Waals surface area contributed by atoms with Crippen molar-refractivity contribution in [1.29, 1.82) is 0 Å².